The van der Waals surface area contributed by atoms with Crippen molar-refractivity contribution in [1.29, 1.82) is 0 Å². The highest BCUT2D eigenvalue weighted by Crippen LogP contribution is 2.29. The zero-order valence-corrected chi connectivity index (χ0v) is 18.9. The molecule has 0 saturated carbocycles. The molecule has 0 atom stereocenters. The molecule has 0 bridgehead atoms. The van der Waals surface area contributed by atoms with Gasteiger partial charge in [-0.05, 0) is 73.2 Å². The summed E-state index contributed by atoms with van der Waals surface area (Å²) >= 11 is 0. The van der Waals surface area contributed by atoms with Gasteiger partial charge in [-0.15, -0.1) is 12.4 Å². The summed E-state index contributed by atoms with van der Waals surface area (Å²) in [6.45, 7) is 5.72. The zero-order chi connectivity index (χ0) is 20.7. The average Bonchev–Trinajstić information content (AvgIpc) is 3.29. The van der Waals surface area contributed by atoms with Gasteiger partial charge in [0.2, 0.25) is 0 Å². The van der Waals surface area contributed by atoms with Gasteiger partial charge in [0.1, 0.15) is 0 Å². The number of carbonyl (C=O) groups excluding carboxylic acids is 2. The number of rotatable bonds is 4. The maximum absolute atomic E-state index is 13.0. The Bertz CT molecular complexity index is 1000. The number of fused-ring (bicyclic) bond motifs is 2. The summed E-state index contributed by atoms with van der Waals surface area (Å²) in [5, 5.41) is 0. The van der Waals surface area contributed by atoms with Crippen molar-refractivity contribution < 1.29 is 9.59 Å². The van der Waals surface area contributed by atoms with Crippen molar-refractivity contribution in [2.75, 3.05) is 46.3 Å². The third-order valence-electron chi connectivity index (χ3n) is 6.89. The Balaban J connectivity index is 0.00000231. The molecule has 3 aliphatic heterocycles. The predicted molar refractivity (Wildman–Crippen MR) is 125 cm³/mol. The Hall–Kier alpha value is -2.37. The first kappa shape index (κ1) is 21.8. The fourth-order valence-corrected chi connectivity index (χ4v) is 4.98. The first-order valence-electron chi connectivity index (χ1n) is 11.1. The van der Waals surface area contributed by atoms with Crippen molar-refractivity contribution in [2.45, 2.75) is 25.7 Å². The van der Waals surface area contributed by atoms with E-state index in [2.05, 4.69) is 23.1 Å². The Morgan fingerprint density at radius 1 is 0.742 bits per heavy atom. The minimum atomic E-state index is 0. The molecule has 2 amide bonds. The highest BCUT2D eigenvalue weighted by Gasteiger charge is 2.26. The van der Waals surface area contributed by atoms with Gasteiger partial charge in [0.05, 0.1) is 0 Å². The molecule has 2 aromatic rings. The Morgan fingerprint density at radius 3 is 1.97 bits per heavy atom. The summed E-state index contributed by atoms with van der Waals surface area (Å²) in [6.07, 6.45) is 4.37. The molecule has 0 unspecified atom stereocenters. The molecule has 3 heterocycles. The highest BCUT2D eigenvalue weighted by molar-refractivity contribution is 5.98. The first-order chi connectivity index (χ1) is 14.6. The molecule has 0 radical (unpaired) electrons. The van der Waals surface area contributed by atoms with E-state index in [1.807, 2.05) is 30.1 Å². The molecule has 31 heavy (non-hydrogen) atoms. The predicted octanol–water partition coefficient (Wildman–Crippen LogP) is 3.50. The molecule has 6 heteroatoms. The fourth-order valence-electron chi connectivity index (χ4n) is 4.98. The van der Waals surface area contributed by atoms with E-state index in [1.165, 1.54) is 25.9 Å². The summed E-state index contributed by atoms with van der Waals surface area (Å²) in [5.74, 6) is 0.272. The van der Waals surface area contributed by atoms with E-state index in [0.29, 0.717) is 0 Å². The molecule has 5 nitrogen and oxygen atoms in total. The molecule has 1 saturated heterocycles. The first-order valence-corrected chi connectivity index (χ1v) is 11.1. The fraction of sp³-hybridized carbons (Fsp3) is 0.440. The molecule has 0 aromatic heterocycles. The van der Waals surface area contributed by atoms with Gasteiger partial charge in [-0.1, -0.05) is 24.3 Å². The largest absolute Gasteiger partial charge is 0.341 e. The highest BCUT2D eigenvalue weighted by atomic mass is 35.5. The summed E-state index contributed by atoms with van der Waals surface area (Å²) < 4.78 is 0. The van der Waals surface area contributed by atoms with Crippen LogP contribution in [0.15, 0.2) is 36.4 Å². The summed E-state index contributed by atoms with van der Waals surface area (Å²) in [7, 11) is 1.86. The van der Waals surface area contributed by atoms with Crippen LogP contribution in [0.4, 0.5) is 0 Å². The number of carbonyl (C=O) groups is 2. The summed E-state index contributed by atoms with van der Waals surface area (Å²) in [5.41, 5.74) is 6.18. The molecule has 1 fully saturated rings. The normalized spacial score (nSPS) is 18.6. The minimum absolute atomic E-state index is 0. The average molecular weight is 440 g/mol. The van der Waals surface area contributed by atoms with E-state index >= 15 is 0 Å². The van der Waals surface area contributed by atoms with Crippen LogP contribution >= 0.6 is 12.4 Å². The second-order valence-electron chi connectivity index (χ2n) is 8.81. The maximum Gasteiger partial charge on any atom is 0.254 e. The molecule has 0 N–H and O–H groups in total. The van der Waals surface area contributed by atoms with Crippen molar-refractivity contribution in [3.8, 4) is 11.1 Å². The summed E-state index contributed by atoms with van der Waals surface area (Å²) in [6, 6.07) is 12.4. The van der Waals surface area contributed by atoms with E-state index in [0.717, 1.165) is 72.4 Å². The van der Waals surface area contributed by atoms with E-state index in [1.54, 1.807) is 4.90 Å². The molecule has 0 aliphatic carbocycles. The van der Waals surface area contributed by atoms with Crippen LogP contribution in [0.2, 0.25) is 0 Å². The molecule has 3 aliphatic rings. The molecule has 164 valence electrons. The second-order valence-corrected chi connectivity index (χ2v) is 8.81. The van der Waals surface area contributed by atoms with Crippen LogP contribution < -0.4 is 0 Å². The van der Waals surface area contributed by atoms with Crippen molar-refractivity contribution in [2.24, 2.45) is 0 Å². The second kappa shape index (κ2) is 9.01. The van der Waals surface area contributed by atoms with Crippen LogP contribution in [0.25, 0.3) is 11.1 Å². The van der Waals surface area contributed by atoms with Crippen molar-refractivity contribution in [3.63, 3.8) is 0 Å². The van der Waals surface area contributed by atoms with E-state index in [9.17, 15) is 9.59 Å². The summed E-state index contributed by atoms with van der Waals surface area (Å²) in [4.78, 5) is 31.6. The molecule has 5 rings (SSSR count). The van der Waals surface area contributed by atoms with Gasteiger partial charge in [0, 0.05) is 44.4 Å². The standard InChI is InChI=1S/C25H29N3O2.ClH/c1-26-12-8-20-16-18(4-6-22(20)24(26)29)19-5-7-23-21(17-19)9-13-28(25(23)30)15-14-27-10-2-3-11-27;/h4-7,16-17H,2-3,8-15H2,1H3;1H. The van der Waals surface area contributed by atoms with Gasteiger partial charge in [-0.25, -0.2) is 0 Å². The van der Waals surface area contributed by atoms with Crippen LogP contribution in [0, 0.1) is 0 Å². The maximum atomic E-state index is 13.0. The quantitative estimate of drug-likeness (QED) is 0.732. The topological polar surface area (TPSA) is 43.9 Å². The molecule has 0 spiro atoms. The Labute approximate surface area is 190 Å². The van der Waals surface area contributed by atoms with E-state index < -0.39 is 0 Å². The van der Waals surface area contributed by atoms with Crippen LogP contribution in [-0.4, -0.2) is 72.8 Å². The molecular formula is C25H30ClN3O2. The number of likely N-dealkylation sites (N-methyl/N-ethyl adjacent to an activating group) is 1. The van der Waals surface area contributed by atoms with Gasteiger partial charge in [-0.2, -0.15) is 0 Å². The van der Waals surface area contributed by atoms with Crippen LogP contribution in [-0.2, 0) is 12.8 Å². The van der Waals surface area contributed by atoms with E-state index in [-0.39, 0.29) is 24.2 Å². The lowest BCUT2D eigenvalue weighted by Crippen LogP contribution is -2.42. The van der Waals surface area contributed by atoms with Crippen LogP contribution in [0.1, 0.15) is 44.7 Å². The van der Waals surface area contributed by atoms with Gasteiger partial charge in [0.15, 0.2) is 0 Å². The minimum Gasteiger partial charge on any atom is -0.341 e. The monoisotopic (exact) mass is 439 g/mol. The van der Waals surface area contributed by atoms with Crippen molar-refractivity contribution in [1.82, 2.24) is 14.7 Å². The van der Waals surface area contributed by atoms with Gasteiger partial charge >= 0.3 is 0 Å². The molecular weight excluding hydrogens is 410 g/mol. The van der Waals surface area contributed by atoms with Crippen LogP contribution in [0.3, 0.4) is 0 Å². The van der Waals surface area contributed by atoms with Gasteiger partial charge < -0.3 is 14.7 Å². The number of benzene rings is 2. The van der Waals surface area contributed by atoms with Gasteiger partial charge in [-0.3, -0.25) is 9.59 Å². The number of likely N-dealkylation sites (tertiary alicyclic amines) is 1. The van der Waals surface area contributed by atoms with Crippen molar-refractivity contribution in [3.05, 3.63) is 58.7 Å². The lowest BCUT2D eigenvalue weighted by Gasteiger charge is -2.30. The number of halogens is 1. The number of nitrogens with zero attached hydrogens (tertiary/aromatic N) is 3. The zero-order valence-electron chi connectivity index (χ0n) is 18.1. The lowest BCUT2D eigenvalue weighted by molar-refractivity contribution is 0.0723. The van der Waals surface area contributed by atoms with Crippen molar-refractivity contribution >= 4 is 24.2 Å². The Kier molecular flexibility index (Phi) is 6.35. The smallest absolute Gasteiger partial charge is 0.254 e. The van der Waals surface area contributed by atoms with Crippen LogP contribution in [0.5, 0.6) is 0 Å². The third kappa shape index (κ3) is 4.21. The van der Waals surface area contributed by atoms with E-state index in [4.69, 9.17) is 0 Å². The number of hydrogen-bond donors (Lipinski definition) is 0. The molecule has 2 aromatic carbocycles. The lowest BCUT2D eigenvalue weighted by atomic mass is 9.91. The number of amides is 2. The number of hydrogen-bond acceptors (Lipinski definition) is 3. The Morgan fingerprint density at radius 2 is 1.32 bits per heavy atom. The SMILES string of the molecule is CN1CCc2cc(-c3ccc4c(c3)CCN(CCN3CCCC3)C4=O)ccc2C1=O.Cl. The van der Waals surface area contributed by atoms with Gasteiger partial charge in [0.25, 0.3) is 11.8 Å². The third-order valence-corrected chi connectivity index (χ3v) is 6.89.